The lowest BCUT2D eigenvalue weighted by atomic mass is 9.53. The normalized spacial score (nSPS) is 32.3. The number of ether oxygens (including phenoxy) is 1. The van der Waals surface area contributed by atoms with Crippen LogP contribution in [0.25, 0.3) is 0 Å². The molecule has 4 amide bonds. The summed E-state index contributed by atoms with van der Waals surface area (Å²) in [7, 11) is 0. The molecule has 0 aliphatic heterocycles. The summed E-state index contributed by atoms with van der Waals surface area (Å²) in [6.07, 6.45) is 11.7. The lowest BCUT2D eigenvalue weighted by Crippen LogP contribution is -2.62. The molecule has 8 heteroatoms. The minimum atomic E-state index is -0.684. The van der Waals surface area contributed by atoms with Gasteiger partial charge in [0.05, 0.1) is 0 Å². The minimum absolute atomic E-state index is 0.0388. The summed E-state index contributed by atoms with van der Waals surface area (Å²) in [4.78, 5) is 48.2. The van der Waals surface area contributed by atoms with Crippen molar-refractivity contribution in [2.24, 2.45) is 23.7 Å². The van der Waals surface area contributed by atoms with Gasteiger partial charge in [0.1, 0.15) is 6.54 Å². The van der Waals surface area contributed by atoms with Gasteiger partial charge in [-0.25, -0.2) is 4.79 Å². The maximum Gasteiger partial charge on any atom is 0.325 e. The van der Waals surface area contributed by atoms with E-state index in [1.165, 1.54) is 19.3 Å². The molecule has 3 N–H and O–H groups in total. The molecule has 0 radical (unpaired) electrons. The molecule has 0 saturated heterocycles. The molecule has 166 valence electrons. The zero-order chi connectivity index (χ0) is 21.1. The van der Waals surface area contributed by atoms with Crippen LogP contribution in [0.5, 0.6) is 0 Å². The smallest absolute Gasteiger partial charge is 0.325 e. The molecule has 5 aliphatic carbocycles. The van der Waals surface area contributed by atoms with Gasteiger partial charge in [0.25, 0.3) is 5.91 Å². The van der Waals surface area contributed by atoms with Crippen LogP contribution in [-0.2, 0) is 19.1 Å². The molecular formula is C22H33N3O5. The number of carbonyl (C=O) groups excluding carboxylic acids is 4. The summed E-state index contributed by atoms with van der Waals surface area (Å²) in [6, 6.07) is -0.511. The van der Waals surface area contributed by atoms with Gasteiger partial charge >= 0.3 is 12.0 Å². The Labute approximate surface area is 177 Å². The Hall–Kier alpha value is -2.12. The van der Waals surface area contributed by atoms with Gasteiger partial charge in [0.2, 0.25) is 5.91 Å². The molecule has 0 unspecified atom stereocenters. The van der Waals surface area contributed by atoms with Gasteiger partial charge in [-0.2, -0.15) is 0 Å². The summed E-state index contributed by atoms with van der Waals surface area (Å²) in [5.74, 6) is 0.556. The number of rotatable bonds is 6. The predicted octanol–water partition coefficient (Wildman–Crippen LogP) is 2.02. The molecule has 4 bridgehead atoms. The van der Waals surface area contributed by atoms with Crippen LogP contribution in [0.15, 0.2) is 0 Å². The quantitative estimate of drug-likeness (QED) is 0.570. The second-order valence-electron chi connectivity index (χ2n) is 9.91. The van der Waals surface area contributed by atoms with Gasteiger partial charge in [0.15, 0.2) is 6.61 Å². The number of amides is 4. The van der Waals surface area contributed by atoms with Gasteiger partial charge < -0.3 is 15.4 Å². The molecule has 0 spiro atoms. The van der Waals surface area contributed by atoms with Crippen LogP contribution in [0.2, 0.25) is 0 Å². The predicted molar refractivity (Wildman–Crippen MR) is 108 cm³/mol. The van der Waals surface area contributed by atoms with Gasteiger partial charge in [-0.05, 0) is 69.1 Å². The van der Waals surface area contributed by atoms with Crippen molar-refractivity contribution >= 4 is 23.8 Å². The average Bonchev–Trinajstić information content (AvgIpc) is 2.69. The molecule has 0 aromatic heterocycles. The zero-order valence-corrected chi connectivity index (χ0v) is 17.5. The van der Waals surface area contributed by atoms with Crippen LogP contribution < -0.4 is 16.0 Å². The van der Waals surface area contributed by atoms with Crippen molar-refractivity contribution < 1.29 is 23.9 Å². The first-order valence-electron chi connectivity index (χ1n) is 11.5. The number of carbonyl (C=O) groups is 4. The van der Waals surface area contributed by atoms with Crippen LogP contribution in [-0.4, -0.2) is 42.5 Å². The highest BCUT2D eigenvalue weighted by Crippen LogP contribution is 2.55. The maximum absolute atomic E-state index is 12.3. The standard InChI is InChI=1S/C22H33N3O5/c26-18(13-30-19(27)12-23-20(28)17-4-2-1-3-5-17)24-21(29)25-22-9-14-6-15(10-22)8-16(7-14)11-22/h14-17H,1-13H2,(H,23,28)(H2,24,25,26,29). The van der Waals surface area contributed by atoms with E-state index >= 15 is 0 Å². The van der Waals surface area contributed by atoms with Gasteiger partial charge in [0, 0.05) is 11.5 Å². The average molecular weight is 420 g/mol. The van der Waals surface area contributed by atoms with Crippen molar-refractivity contribution in [2.45, 2.75) is 76.2 Å². The lowest BCUT2D eigenvalue weighted by Gasteiger charge is -2.56. The summed E-state index contributed by atoms with van der Waals surface area (Å²) in [5.41, 5.74) is -0.181. The molecule has 5 saturated carbocycles. The van der Waals surface area contributed by atoms with Crippen molar-refractivity contribution in [2.75, 3.05) is 13.2 Å². The first-order valence-corrected chi connectivity index (χ1v) is 11.5. The van der Waals surface area contributed by atoms with E-state index in [9.17, 15) is 19.2 Å². The number of esters is 1. The number of urea groups is 1. The van der Waals surface area contributed by atoms with E-state index < -0.39 is 24.5 Å². The number of hydrogen-bond donors (Lipinski definition) is 3. The van der Waals surface area contributed by atoms with Crippen molar-refractivity contribution in [3.8, 4) is 0 Å². The number of nitrogens with one attached hydrogen (secondary N) is 3. The van der Waals surface area contributed by atoms with E-state index in [0.717, 1.165) is 51.4 Å². The highest BCUT2D eigenvalue weighted by molar-refractivity contribution is 5.96. The molecule has 5 fully saturated rings. The Morgan fingerprint density at radius 1 is 0.867 bits per heavy atom. The fraction of sp³-hybridized carbons (Fsp3) is 0.818. The first-order chi connectivity index (χ1) is 14.4. The van der Waals surface area contributed by atoms with Crippen LogP contribution in [0.1, 0.15) is 70.6 Å². The van der Waals surface area contributed by atoms with Gasteiger partial charge in [-0.3, -0.25) is 19.7 Å². The number of hydrogen-bond acceptors (Lipinski definition) is 5. The summed E-state index contributed by atoms with van der Waals surface area (Å²) < 4.78 is 4.89. The maximum atomic E-state index is 12.3. The fourth-order valence-corrected chi connectivity index (χ4v) is 6.56. The van der Waals surface area contributed by atoms with Crippen molar-refractivity contribution in [3.05, 3.63) is 0 Å². The first kappa shape index (κ1) is 21.1. The Morgan fingerprint density at radius 3 is 2.07 bits per heavy atom. The molecule has 0 atom stereocenters. The third kappa shape index (κ3) is 5.13. The highest BCUT2D eigenvalue weighted by Gasteiger charge is 2.51. The summed E-state index contributed by atoms with van der Waals surface area (Å²) in [6.45, 7) is -0.797. The second kappa shape index (κ2) is 8.94. The van der Waals surface area contributed by atoms with Gasteiger partial charge in [-0.15, -0.1) is 0 Å². The van der Waals surface area contributed by atoms with Crippen LogP contribution in [0, 0.1) is 23.7 Å². The van der Waals surface area contributed by atoms with E-state index in [4.69, 9.17) is 4.74 Å². The second-order valence-corrected chi connectivity index (χ2v) is 9.91. The van der Waals surface area contributed by atoms with Crippen LogP contribution in [0.3, 0.4) is 0 Å². The fourth-order valence-electron chi connectivity index (χ4n) is 6.56. The van der Waals surface area contributed by atoms with Gasteiger partial charge in [-0.1, -0.05) is 19.3 Å². The van der Waals surface area contributed by atoms with E-state index in [1.54, 1.807) is 0 Å². The van der Waals surface area contributed by atoms with E-state index in [-0.39, 0.29) is 23.9 Å². The largest absolute Gasteiger partial charge is 0.454 e. The van der Waals surface area contributed by atoms with E-state index in [0.29, 0.717) is 17.8 Å². The molecule has 30 heavy (non-hydrogen) atoms. The Morgan fingerprint density at radius 2 is 1.47 bits per heavy atom. The molecule has 0 aromatic rings. The molecule has 0 aromatic carbocycles. The molecule has 5 rings (SSSR count). The molecular weight excluding hydrogens is 386 g/mol. The molecule has 8 nitrogen and oxygen atoms in total. The summed E-state index contributed by atoms with van der Waals surface area (Å²) >= 11 is 0. The van der Waals surface area contributed by atoms with Crippen LogP contribution >= 0.6 is 0 Å². The topological polar surface area (TPSA) is 114 Å². The van der Waals surface area contributed by atoms with Crippen molar-refractivity contribution in [1.29, 1.82) is 0 Å². The third-order valence-corrected chi connectivity index (χ3v) is 7.42. The Balaban J connectivity index is 1.14. The van der Waals surface area contributed by atoms with E-state index in [2.05, 4.69) is 16.0 Å². The Bertz CT molecular complexity index is 666. The third-order valence-electron chi connectivity index (χ3n) is 7.42. The van der Waals surface area contributed by atoms with E-state index in [1.807, 2.05) is 0 Å². The lowest BCUT2D eigenvalue weighted by molar-refractivity contribution is -0.148. The SMILES string of the molecule is O=C(COC(=O)CNC(=O)C1CCCCC1)NC(=O)NC12CC3CC(CC(C3)C1)C2. The minimum Gasteiger partial charge on any atom is -0.454 e. The monoisotopic (exact) mass is 419 g/mol. The van der Waals surface area contributed by atoms with Crippen molar-refractivity contribution in [1.82, 2.24) is 16.0 Å². The number of imide groups is 1. The Kier molecular flexibility index (Phi) is 6.29. The van der Waals surface area contributed by atoms with Crippen molar-refractivity contribution in [3.63, 3.8) is 0 Å². The zero-order valence-electron chi connectivity index (χ0n) is 17.5. The molecule has 5 aliphatic rings. The highest BCUT2D eigenvalue weighted by atomic mass is 16.5. The van der Waals surface area contributed by atoms with Crippen LogP contribution in [0.4, 0.5) is 4.79 Å². The molecule has 0 heterocycles. The summed E-state index contributed by atoms with van der Waals surface area (Å²) in [5, 5.41) is 7.90.